The maximum atomic E-state index is 13.5. The van der Waals surface area contributed by atoms with Crippen LogP contribution in [0.2, 0.25) is 0 Å². The van der Waals surface area contributed by atoms with Crippen molar-refractivity contribution in [2.75, 3.05) is 6.61 Å². The van der Waals surface area contributed by atoms with E-state index in [-0.39, 0.29) is 22.1 Å². The molecular weight excluding hydrogens is 448 g/mol. The number of unbranched alkanes of at least 4 members (excludes halogenated alkanes) is 1. The van der Waals surface area contributed by atoms with Gasteiger partial charge < -0.3 is 10.3 Å². The molecule has 7 nitrogen and oxygen atoms in total. The third-order valence-corrected chi connectivity index (χ3v) is 9.35. The number of hydrogen-bond acceptors (Lipinski definition) is 5. The molecule has 0 spiro atoms. The Kier molecular flexibility index (Phi) is 7.71. The molecular formula is C23H30N2O5S2. The molecule has 0 aromatic heterocycles. The van der Waals surface area contributed by atoms with Crippen molar-refractivity contribution < 1.29 is 26.4 Å². The summed E-state index contributed by atoms with van der Waals surface area (Å²) in [6.07, 6.45) is 1.54. The number of ether oxygens (including phenoxy) is 1. The fourth-order valence-corrected chi connectivity index (χ4v) is 6.86. The SMILES string of the molecule is CCCCOc1ccc(C(C)(C)C)cc1S(=O)(=O)C(=[N+]=[N-])S(=O)(=O)c1ccc(C)cc1C. The fourth-order valence-electron chi connectivity index (χ4n) is 3.17. The Bertz CT molecular complexity index is 1270. The summed E-state index contributed by atoms with van der Waals surface area (Å²) in [7, 11) is -9.39. The van der Waals surface area contributed by atoms with Crippen LogP contribution in [0.1, 0.15) is 57.2 Å². The van der Waals surface area contributed by atoms with E-state index in [0.29, 0.717) is 17.5 Å². The van der Waals surface area contributed by atoms with E-state index >= 15 is 0 Å². The first-order chi connectivity index (χ1) is 14.8. The molecule has 0 aliphatic heterocycles. The monoisotopic (exact) mass is 478 g/mol. The zero-order valence-electron chi connectivity index (χ0n) is 19.3. The largest absolute Gasteiger partial charge is 0.504 e. The maximum Gasteiger partial charge on any atom is 0.504 e. The molecule has 0 radical (unpaired) electrons. The van der Waals surface area contributed by atoms with Crippen LogP contribution < -0.4 is 4.74 Å². The van der Waals surface area contributed by atoms with Crippen LogP contribution in [0.3, 0.4) is 0 Å². The van der Waals surface area contributed by atoms with Gasteiger partial charge in [-0.15, -0.1) is 4.79 Å². The molecule has 0 saturated heterocycles. The molecule has 0 aliphatic rings. The summed E-state index contributed by atoms with van der Waals surface area (Å²) in [6.45, 7) is 11.3. The molecule has 32 heavy (non-hydrogen) atoms. The van der Waals surface area contributed by atoms with Gasteiger partial charge in [0, 0.05) is 0 Å². The highest BCUT2D eigenvalue weighted by atomic mass is 32.3. The average Bonchev–Trinajstić information content (AvgIpc) is 2.67. The summed E-state index contributed by atoms with van der Waals surface area (Å²) < 4.78 is 57.9. The predicted molar refractivity (Wildman–Crippen MR) is 124 cm³/mol. The van der Waals surface area contributed by atoms with Crippen molar-refractivity contribution in [3.05, 3.63) is 58.6 Å². The Morgan fingerprint density at radius 1 is 0.969 bits per heavy atom. The molecule has 2 aromatic rings. The summed E-state index contributed by atoms with van der Waals surface area (Å²) >= 11 is 0. The van der Waals surface area contributed by atoms with Crippen LogP contribution in [0.15, 0.2) is 46.2 Å². The van der Waals surface area contributed by atoms with Crippen molar-refractivity contribution in [2.45, 2.75) is 69.6 Å². The molecule has 9 heteroatoms. The molecule has 0 saturated carbocycles. The van der Waals surface area contributed by atoms with E-state index in [4.69, 9.17) is 4.74 Å². The van der Waals surface area contributed by atoms with Gasteiger partial charge >= 0.3 is 4.38 Å². The van der Waals surface area contributed by atoms with Gasteiger partial charge in [0.2, 0.25) is 0 Å². The number of nitrogens with zero attached hydrogens (tertiary/aromatic N) is 2. The smallest absolute Gasteiger partial charge is 0.492 e. The molecule has 2 aromatic carbocycles. The predicted octanol–water partition coefficient (Wildman–Crippen LogP) is 4.61. The van der Waals surface area contributed by atoms with Crippen LogP contribution in [0.5, 0.6) is 5.75 Å². The second-order valence-electron chi connectivity index (χ2n) is 8.76. The minimum atomic E-state index is -4.75. The number of benzene rings is 2. The van der Waals surface area contributed by atoms with Crippen LogP contribution in [-0.4, -0.2) is 32.6 Å². The topological polar surface area (TPSA) is 114 Å². The van der Waals surface area contributed by atoms with Crippen molar-refractivity contribution in [1.82, 2.24) is 0 Å². The van der Waals surface area contributed by atoms with Gasteiger partial charge in [-0.3, -0.25) is 0 Å². The summed E-state index contributed by atoms with van der Waals surface area (Å²) in [6, 6.07) is 9.13. The quantitative estimate of drug-likeness (QED) is 0.198. The first kappa shape index (κ1) is 25.8. The Hall–Kier alpha value is -2.48. The third-order valence-electron chi connectivity index (χ3n) is 5.02. The second kappa shape index (κ2) is 9.57. The maximum absolute atomic E-state index is 13.5. The lowest BCUT2D eigenvalue weighted by Crippen LogP contribution is -2.27. The molecule has 174 valence electrons. The summed E-state index contributed by atoms with van der Waals surface area (Å²) in [5.74, 6) is 0.0171. The highest BCUT2D eigenvalue weighted by molar-refractivity contribution is 8.31. The van der Waals surface area contributed by atoms with E-state index < -0.39 is 29.5 Å². The highest BCUT2D eigenvalue weighted by Crippen LogP contribution is 2.34. The van der Waals surface area contributed by atoms with E-state index in [1.165, 1.54) is 18.2 Å². The van der Waals surface area contributed by atoms with Crippen LogP contribution in [0.25, 0.3) is 5.53 Å². The molecule has 2 rings (SSSR count). The lowest BCUT2D eigenvalue weighted by molar-refractivity contribution is 0.00378. The van der Waals surface area contributed by atoms with E-state index in [0.717, 1.165) is 12.0 Å². The minimum absolute atomic E-state index is 0.0171. The molecule has 0 heterocycles. The highest BCUT2D eigenvalue weighted by Gasteiger charge is 2.46. The molecule has 0 unspecified atom stereocenters. The van der Waals surface area contributed by atoms with Gasteiger partial charge in [0.05, 0.1) is 11.5 Å². The Balaban J connectivity index is 2.74. The van der Waals surface area contributed by atoms with Crippen LogP contribution >= 0.6 is 0 Å². The summed E-state index contributed by atoms with van der Waals surface area (Å²) in [5.41, 5.74) is 11.0. The summed E-state index contributed by atoms with van der Waals surface area (Å²) in [4.78, 5) is 2.18. The van der Waals surface area contributed by atoms with Crippen LogP contribution in [0, 0.1) is 13.8 Å². The lowest BCUT2D eigenvalue weighted by atomic mass is 9.87. The zero-order valence-corrected chi connectivity index (χ0v) is 21.0. The Labute approximate surface area is 190 Å². The van der Waals surface area contributed by atoms with E-state index in [2.05, 4.69) is 4.79 Å². The van der Waals surface area contributed by atoms with Crippen LogP contribution in [-0.2, 0) is 25.1 Å². The first-order valence-electron chi connectivity index (χ1n) is 10.3. The van der Waals surface area contributed by atoms with Gasteiger partial charge in [-0.2, -0.15) is 0 Å². The molecule has 0 fully saturated rings. The minimum Gasteiger partial charge on any atom is -0.492 e. The van der Waals surface area contributed by atoms with E-state index in [1.54, 1.807) is 32.0 Å². The van der Waals surface area contributed by atoms with E-state index in [1.807, 2.05) is 27.7 Å². The van der Waals surface area contributed by atoms with Gasteiger partial charge in [-0.05, 0) is 55.0 Å². The van der Waals surface area contributed by atoms with Gasteiger partial charge in [0.25, 0.3) is 19.7 Å². The van der Waals surface area contributed by atoms with Crippen LogP contribution in [0.4, 0.5) is 0 Å². The number of aryl methyl sites for hydroxylation is 2. The van der Waals surface area contributed by atoms with Gasteiger partial charge in [0.15, 0.2) is 0 Å². The van der Waals surface area contributed by atoms with Crippen molar-refractivity contribution >= 4 is 24.1 Å². The molecule has 0 bridgehead atoms. The number of hydrogen-bond donors (Lipinski definition) is 0. The second-order valence-corrected chi connectivity index (χ2v) is 12.7. The van der Waals surface area contributed by atoms with Crippen molar-refractivity contribution in [3.63, 3.8) is 0 Å². The Morgan fingerprint density at radius 3 is 2.12 bits per heavy atom. The third kappa shape index (κ3) is 5.28. The average molecular weight is 479 g/mol. The normalized spacial score (nSPS) is 12.3. The van der Waals surface area contributed by atoms with Crippen molar-refractivity contribution in [3.8, 4) is 5.75 Å². The molecule has 0 atom stereocenters. The Morgan fingerprint density at radius 2 is 1.59 bits per heavy atom. The summed E-state index contributed by atoms with van der Waals surface area (Å²) in [5, 5.41) is 0. The van der Waals surface area contributed by atoms with Gasteiger partial charge in [-0.1, -0.05) is 57.9 Å². The van der Waals surface area contributed by atoms with Crippen molar-refractivity contribution in [1.29, 1.82) is 0 Å². The molecule has 0 aliphatic carbocycles. The standard InChI is InChI=1S/C23H30N2O5S2/c1-7-8-13-30-19-11-10-18(23(4,5)6)15-21(19)32(28,29)22(25-24)31(26,27)20-12-9-16(2)14-17(20)3/h9-12,14-15H,7-8,13H2,1-6H3. The first-order valence-corrected chi connectivity index (χ1v) is 13.3. The number of rotatable bonds is 6. The van der Waals surface area contributed by atoms with Gasteiger partial charge in [0.1, 0.15) is 10.6 Å². The van der Waals surface area contributed by atoms with Gasteiger partial charge in [-0.25, -0.2) is 16.8 Å². The molecule has 0 amide bonds. The van der Waals surface area contributed by atoms with E-state index in [9.17, 15) is 22.4 Å². The fraction of sp³-hybridized carbons (Fsp3) is 0.435. The lowest BCUT2D eigenvalue weighted by Gasteiger charge is -2.21. The number of sulfone groups is 2. The molecule has 0 N–H and O–H groups in total. The zero-order chi connectivity index (χ0) is 24.3. The van der Waals surface area contributed by atoms with Crippen molar-refractivity contribution in [2.24, 2.45) is 0 Å².